The monoisotopic (exact) mass is 365 g/mol. The zero-order valence-electron chi connectivity index (χ0n) is 11.4. The zero-order chi connectivity index (χ0) is 15.0. The number of amides is 1. The number of carbonyl (C=O) groups excluding carboxylic acids is 1. The van der Waals surface area contributed by atoms with E-state index in [-0.39, 0.29) is 5.91 Å². The first-order chi connectivity index (χ1) is 10.1. The van der Waals surface area contributed by atoms with Crippen molar-refractivity contribution in [3.05, 3.63) is 57.0 Å². The van der Waals surface area contributed by atoms with E-state index in [1.54, 1.807) is 30.2 Å². The van der Waals surface area contributed by atoms with Gasteiger partial charge in [0.2, 0.25) is 0 Å². The Bertz CT molecular complexity index is 717. The summed E-state index contributed by atoms with van der Waals surface area (Å²) in [5.41, 5.74) is 2.60. The van der Waals surface area contributed by atoms with Crippen molar-refractivity contribution in [2.45, 2.75) is 6.42 Å². The molecule has 1 amide bonds. The van der Waals surface area contributed by atoms with Gasteiger partial charge in [-0.2, -0.15) is 0 Å². The van der Waals surface area contributed by atoms with E-state index in [1.807, 2.05) is 12.1 Å². The van der Waals surface area contributed by atoms with Gasteiger partial charge in [0.25, 0.3) is 5.91 Å². The fourth-order valence-corrected chi connectivity index (χ4v) is 3.15. The van der Waals surface area contributed by atoms with Crippen LogP contribution in [0.25, 0.3) is 0 Å². The third-order valence-electron chi connectivity index (χ3n) is 3.57. The van der Waals surface area contributed by atoms with Gasteiger partial charge in [-0.15, -0.1) is 0 Å². The van der Waals surface area contributed by atoms with Gasteiger partial charge in [0, 0.05) is 21.7 Å². The quantitative estimate of drug-likeness (QED) is 0.792. The van der Waals surface area contributed by atoms with Gasteiger partial charge >= 0.3 is 0 Å². The van der Waals surface area contributed by atoms with Crippen LogP contribution >= 0.6 is 27.5 Å². The largest absolute Gasteiger partial charge is 0.496 e. The molecular weight excluding hydrogens is 354 g/mol. The normalized spacial score (nSPS) is 13.2. The van der Waals surface area contributed by atoms with Crippen LogP contribution < -0.4 is 9.64 Å². The summed E-state index contributed by atoms with van der Waals surface area (Å²) in [6.45, 7) is 0.667. The lowest BCUT2D eigenvalue weighted by Gasteiger charge is -2.19. The fraction of sp³-hybridized carbons (Fsp3) is 0.188. The number of fused-ring (bicyclic) bond motifs is 1. The molecule has 0 fully saturated rings. The van der Waals surface area contributed by atoms with E-state index in [1.165, 1.54) is 5.56 Å². The molecule has 0 bridgehead atoms. The third kappa shape index (κ3) is 2.65. The summed E-state index contributed by atoms with van der Waals surface area (Å²) in [6.07, 6.45) is 0.851. The number of anilines is 1. The van der Waals surface area contributed by atoms with Crippen LogP contribution in [0, 0.1) is 0 Å². The van der Waals surface area contributed by atoms with Gasteiger partial charge in [-0.1, -0.05) is 27.5 Å². The van der Waals surface area contributed by atoms with Crippen molar-refractivity contribution in [1.82, 2.24) is 0 Å². The SMILES string of the molecule is COc1ccc(Cl)cc1C(=O)N1CCc2cc(Br)ccc21. The lowest BCUT2D eigenvalue weighted by atomic mass is 10.1. The van der Waals surface area contributed by atoms with Crippen molar-refractivity contribution in [3.63, 3.8) is 0 Å². The third-order valence-corrected chi connectivity index (χ3v) is 4.30. The highest BCUT2D eigenvalue weighted by molar-refractivity contribution is 9.10. The summed E-state index contributed by atoms with van der Waals surface area (Å²) in [4.78, 5) is 14.6. The molecule has 1 aliphatic rings. The Labute approximate surface area is 136 Å². The van der Waals surface area contributed by atoms with E-state index < -0.39 is 0 Å². The van der Waals surface area contributed by atoms with Gasteiger partial charge in [0.1, 0.15) is 5.75 Å². The predicted octanol–water partition coefficient (Wildman–Crippen LogP) is 4.31. The first-order valence-corrected chi connectivity index (χ1v) is 7.71. The van der Waals surface area contributed by atoms with Crippen LogP contribution in [0.4, 0.5) is 5.69 Å². The predicted molar refractivity (Wildman–Crippen MR) is 87.5 cm³/mol. The summed E-state index contributed by atoms with van der Waals surface area (Å²) < 4.78 is 6.30. The molecule has 0 unspecified atom stereocenters. The molecule has 3 nitrogen and oxygen atoms in total. The molecule has 0 N–H and O–H groups in total. The molecule has 0 aromatic heterocycles. The maximum Gasteiger partial charge on any atom is 0.262 e. The second-order valence-electron chi connectivity index (χ2n) is 4.82. The molecule has 1 aliphatic heterocycles. The van der Waals surface area contributed by atoms with Crippen LogP contribution in [0.1, 0.15) is 15.9 Å². The molecule has 0 saturated heterocycles. The molecule has 0 saturated carbocycles. The second kappa shape index (κ2) is 5.70. The number of halogens is 2. The second-order valence-corrected chi connectivity index (χ2v) is 6.18. The minimum absolute atomic E-state index is 0.0876. The number of ether oxygens (including phenoxy) is 1. The molecule has 0 atom stereocenters. The van der Waals surface area contributed by atoms with E-state index in [0.29, 0.717) is 22.9 Å². The Balaban J connectivity index is 2.00. The standard InChI is InChI=1S/C16H13BrClNO2/c1-21-15-5-3-12(18)9-13(15)16(20)19-7-6-10-8-11(17)2-4-14(10)19/h2-5,8-9H,6-7H2,1H3. The highest BCUT2D eigenvalue weighted by Gasteiger charge is 2.27. The van der Waals surface area contributed by atoms with Gasteiger partial charge in [0.05, 0.1) is 12.7 Å². The van der Waals surface area contributed by atoms with Crippen molar-refractivity contribution in [2.24, 2.45) is 0 Å². The summed E-state index contributed by atoms with van der Waals surface area (Å²) in [6, 6.07) is 11.0. The Morgan fingerprint density at radius 2 is 2.10 bits per heavy atom. The van der Waals surface area contributed by atoms with Crippen LogP contribution in [0.2, 0.25) is 5.02 Å². The molecule has 108 valence electrons. The van der Waals surface area contributed by atoms with Gasteiger partial charge < -0.3 is 9.64 Å². The van der Waals surface area contributed by atoms with E-state index in [4.69, 9.17) is 16.3 Å². The van der Waals surface area contributed by atoms with E-state index >= 15 is 0 Å². The molecule has 5 heteroatoms. The highest BCUT2D eigenvalue weighted by Crippen LogP contribution is 2.33. The van der Waals surface area contributed by atoms with E-state index in [9.17, 15) is 4.79 Å². The highest BCUT2D eigenvalue weighted by atomic mass is 79.9. The van der Waals surface area contributed by atoms with Crippen LogP contribution in [-0.4, -0.2) is 19.6 Å². The Kier molecular flexibility index (Phi) is 3.91. The average molecular weight is 367 g/mol. The van der Waals surface area contributed by atoms with Crippen LogP contribution in [0.3, 0.4) is 0 Å². The number of hydrogen-bond donors (Lipinski definition) is 0. The topological polar surface area (TPSA) is 29.5 Å². The summed E-state index contributed by atoms with van der Waals surface area (Å²) in [5, 5.41) is 0.523. The summed E-state index contributed by atoms with van der Waals surface area (Å²) in [7, 11) is 1.55. The van der Waals surface area contributed by atoms with E-state index in [0.717, 1.165) is 16.6 Å². The molecule has 3 rings (SSSR count). The average Bonchev–Trinajstić information content (AvgIpc) is 2.89. The smallest absolute Gasteiger partial charge is 0.262 e. The maximum absolute atomic E-state index is 12.8. The first-order valence-electron chi connectivity index (χ1n) is 6.54. The molecule has 2 aromatic carbocycles. The first kappa shape index (κ1) is 14.4. The maximum atomic E-state index is 12.8. The minimum Gasteiger partial charge on any atom is -0.496 e. The molecule has 0 radical (unpaired) electrons. The van der Waals surface area contributed by atoms with Crippen molar-refractivity contribution in [2.75, 3.05) is 18.6 Å². The Hall–Kier alpha value is -1.52. The number of carbonyl (C=O) groups is 1. The van der Waals surface area contributed by atoms with E-state index in [2.05, 4.69) is 22.0 Å². The van der Waals surface area contributed by atoms with Crippen molar-refractivity contribution in [3.8, 4) is 5.75 Å². The number of methoxy groups -OCH3 is 1. The van der Waals surface area contributed by atoms with Gasteiger partial charge in [-0.05, 0) is 48.4 Å². The fourth-order valence-electron chi connectivity index (χ4n) is 2.57. The van der Waals surface area contributed by atoms with Crippen LogP contribution in [0.15, 0.2) is 40.9 Å². The van der Waals surface area contributed by atoms with Gasteiger partial charge in [-0.3, -0.25) is 4.79 Å². The molecule has 21 heavy (non-hydrogen) atoms. The molecule has 0 aliphatic carbocycles. The van der Waals surface area contributed by atoms with Gasteiger partial charge in [0.15, 0.2) is 0 Å². The molecule has 1 heterocycles. The van der Waals surface area contributed by atoms with Crippen LogP contribution in [0.5, 0.6) is 5.75 Å². The van der Waals surface area contributed by atoms with Crippen LogP contribution in [-0.2, 0) is 6.42 Å². The lowest BCUT2D eigenvalue weighted by Crippen LogP contribution is -2.29. The molecular formula is C16H13BrClNO2. The molecule has 2 aromatic rings. The number of benzene rings is 2. The van der Waals surface area contributed by atoms with Crippen molar-refractivity contribution < 1.29 is 9.53 Å². The lowest BCUT2D eigenvalue weighted by molar-refractivity contribution is 0.0986. The number of hydrogen-bond acceptors (Lipinski definition) is 2. The zero-order valence-corrected chi connectivity index (χ0v) is 13.7. The number of rotatable bonds is 2. The van der Waals surface area contributed by atoms with Crippen molar-refractivity contribution in [1.29, 1.82) is 0 Å². The summed E-state index contributed by atoms with van der Waals surface area (Å²) >= 11 is 9.47. The summed E-state index contributed by atoms with van der Waals surface area (Å²) in [5.74, 6) is 0.449. The Morgan fingerprint density at radius 1 is 1.29 bits per heavy atom. The van der Waals surface area contributed by atoms with Crippen molar-refractivity contribution >= 4 is 39.1 Å². The van der Waals surface area contributed by atoms with Gasteiger partial charge in [-0.25, -0.2) is 0 Å². The minimum atomic E-state index is -0.0876. The molecule has 0 spiro atoms. The number of nitrogens with zero attached hydrogens (tertiary/aromatic N) is 1. The Morgan fingerprint density at radius 3 is 2.86 bits per heavy atom.